The van der Waals surface area contributed by atoms with Crippen molar-refractivity contribution in [2.75, 3.05) is 12.4 Å². The summed E-state index contributed by atoms with van der Waals surface area (Å²) in [6, 6.07) is 0. The lowest BCUT2D eigenvalue weighted by molar-refractivity contribution is 0.0486. The molecule has 1 saturated heterocycles. The predicted molar refractivity (Wildman–Crippen MR) is 74.8 cm³/mol. The summed E-state index contributed by atoms with van der Waals surface area (Å²) in [4.78, 5) is 16.3. The van der Waals surface area contributed by atoms with Gasteiger partial charge >= 0.3 is 5.97 Å². The number of carbonyl (C=O) groups excluding carboxylic acids is 1. The molecule has 1 atom stereocenters. The Morgan fingerprint density at radius 2 is 2.10 bits per heavy atom. The van der Waals surface area contributed by atoms with Crippen molar-refractivity contribution in [3.63, 3.8) is 0 Å². The van der Waals surface area contributed by atoms with E-state index in [0.29, 0.717) is 18.5 Å². The molecule has 3 rings (SSSR count). The van der Waals surface area contributed by atoms with Gasteiger partial charge in [0.25, 0.3) is 0 Å². The van der Waals surface area contributed by atoms with Gasteiger partial charge in [0.2, 0.25) is 11.7 Å². The molecule has 2 aliphatic rings. The Hall–Kier alpha value is -1.37. The fraction of sp³-hybridized carbons (Fsp3) is 0.714. The Morgan fingerprint density at radius 3 is 2.71 bits per heavy atom. The number of aromatic nitrogens is 1. The highest BCUT2D eigenvalue weighted by Gasteiger charge is 2.39. The minimum absolute atomic E-state index is 0.0927. The standard InChI is InChI=1S/C14H19NO5S/c1-2-19-14(16)12-11(9-6-7-9)15-13(20-12)10-5-3-4-8-21(10,17)18/h9-10H,2-8H2,1H3. The van der Waals surface area contributed by atoms with Gasteiger partial charge in [0.15, 0.2) is 9.84 Å². The van der Waals surface area contributed by atoms with Gasteiger partial charge in [-0.2, -0.15) is 0 Å². The highest BCUT2D eigenvalue weighted by atomic mass is 32.2. The van der Waals surface area contributed by atoms with Gasteiger partial charge in [0.05, 0.1) is 18.1 Å². The monoisotopic (exact) mass is 313 g/mol. The smallest absolute Gasteiger partial charge is 0.376 e. The number of hydrogen-bond acceptors (Lipinski definition) is 6. The Labute approximate surface area is 123 Å². The zero-order chi connectivity index (χ0) is 15.0. The van der Waals surface area contributed by atoms with Gasteiger partial charge in [-0.05, 0) is 32.6 Å². The van der Waals surface area contributed by atoms with Gasteiger partial charge in [0.1, 0.15) is 5.25 Å². The molecule has 0 amide bonds. The van der Waals surface area contributed by atoms with Crippen molar-refractivity contribution in [1.29, 1.82) is 0 Å². The molecule has 1 saturated carbocycles. The van der Waals surface area contributed by atoms with E-state index >= 15 is 0 Å². The van der Waals surface area contributed by atoms with Crippen molar-refractivity contribution in [2.24, 2.45) is 0 Å². The molecular weight excluding hydrogens is 294 g/mol. The summed E-state index contributed by atoms with van der Waals surface area (Å²) in [5.74, 6) is 0.0717. The van der Waals surface area contributed by atoms with Gasteiger partial charge in [-0.25, -0.2) is 18.2 Å². The fourth-order valence-corrected chi connectivity index (χ4v) is 4.52. The molecule has 0 aromatic carbocycles. The molecule has 0 N–H and O–H groups in total. The van der Waals surface area contributed by atoms with E-state index in [0.717, 1.165) is 19.3 Å². The van der Waals surface area contributed by atoms with E-state index in [-0.39, 0.29) is 29.9 Å². The Balaban J connectivity index is 1.96. The quantitative estimate of drug-likeness (QED) is 0.793. The van der Waals surface area contributed by atoms with E-state index < -0.39 is 21.1 Å². The van der Waals surface area contributed by atoms with Gasteiger partial charge in [-0.3, -0.25) is 0 Å². The van der Waals surface area contributed by atoms with E-state index in [4.69, 9.17) is 9.15 Å². The minimum atomic E-state index is -3.23. The number of rotatable bonds is 4. The zero-order valence-corrected chi connectivity index (χ0v) is 12.8. The second-order valence-electron chi connectivity index (χ2n) is 5.61. The number of hydrogen-bond donors (Lipinski definition) is 0. The minimum Gasteiger partial charge on any atom is -0.460 e. The van der Waals surface area contributed by atoms with Gasteiger partial charge in [-0.15, -0.1) is 0 Å². The van der Waals surface area contributed by atoms with Gasteiger partial charge in [-0.1, -0.05) is 6.42 Å². The molecule has 1 unspecified atom stereocenters. The second kappa shape index (κ2) is 5.44. The molecule has 2 fully saturated rings. The predicted octanol–water partition coefficient (Wildman–Crippen LogP) is 2.37. The van der Waals surface area contributed by atoms with Crippen LogP contribution < -0.4 is 0 Å². The first-order valence-electron chi connectivity index (χ1n) is 7.42. The third-order valence-electron chi connectivity index (χ3n) is 3.95. The zero-order valence-electron chi connectivity index (χ0n) is 12.0. The van der Waals surface area contributed by atoms with Crippen molar-refractivity contribution in [3.8, 4) is 0 Å². The summed E-state index contributed by atoms with van der Waals surface area (Å²) in [5.41, 5.74) is 0.573. The van der Waals surface area contributed by atoms with Crippen molar-refractivity contribution in [1.82, 2.24) is 4.98 Å². The molecule has 6 nitrogen and oxygen atoms in total. The van der Waals surface area contributed by atoms with Crippen LogP contribution >= 0.6 is 0 Å². The molecule has 2 heterocycles. The average molecular weight is 313 g/mol. The number of nitrogens with zero attached hydrogens (tertiary/aromatic N) is 1. The van der Waals surface area contributed by atoms with Gasteiger partial charge in [0, 0.05) is 5.92 Å². The first-order valence-corrected chi connectivity index (χ1v) is 9.13. The van der Waals surface area contributed by atoms with Crippen LogP contribution in [0.3, 0.4) is 0 Å². The second-order valence-corrected chi connectivity index (χ2v) is 7.92. The average Bonchev–Trinajstić information content (AvgIpc) is 3.18. The summed E-state index contributed by atoms with van der Waals surface area (Å²) in [6.07, 6.45) is 3.93. The lowest BCUT2D eigenvalue weighted by atomic mass is 10.2. The van der Waals surface area contributed by atoms with Crippen molar-refractivity contribution in [2.45, 2.75) is 50.2 Å². The molecule has 1 aromatic heterocycles. The van der Waals surface area contributed by atoms with Crippen LogP contribution in [0, 0.1) is 0 Å². The summed E-state index contributed by atoms with van der Waals surface area (Å²) in [5, 5.41) is -0.716. The third-order valence-corrected chi connectivity index (χ3v) is 6.11. The highest BCUT2D eigenvalue weighted by Crippen LogP contribution is 2.43. The van der Waals surface area contributed by atoms with Crippen LogP contribution in [0.25, 0.3) is 0 Å². The lowest BCUT2D eigenvalue weighted by Gasteiger charge is -2.19. The van der Waals surface area contributed by atoms with Crippen molar-refractivity contribution < 1.29 is 22.4 Å². The SMILES string of the molecule is CCOC(=O)c1oc(C2CCCCS2(=O)=O)nc1C1CC1. The maximum Gasteiger partial charge on any atom is 0.376 e. The molecule has 116 valence electrons. The van der Waals surface area contributed by atoms with Crippen LogP contribution in [0.5, 0.6) is 0 Å². The highest BCUT2D eigenvalue weighted by molar-refractivity contribution is 7.91. The lowest BCUT2D eigenvalue weighted by Crippen LogP contribution is -2.21. The van der Waals surface area contributed by atoms with Crippen LogP contribution in [0.15, 0.2) is 4.42 Å². The maximum absolute atomic E-state index is 12.2. The van der Waals surface area contributed by atoms with E-state index in [9.17, 15) is 13.2 Å². The normalized spacial score (nSPS) is 24.7. The van der Waals surface area contributed by atoms with Crippen molar-refractivity contribution in [3.05, 3.63) is 17.3 Å². The number of sulfone groups is 1. The van der Waals surface area contributed by atoms with Crippen LogP contribution in [-0.4, -0.2) is 31.7 Å². The molecule has 0 bridgehead atoms. The largest absolute Gasteiger partial charge is 0.460 e. The van der Waals surface area contributed by atoms with E-state index in [1.807, 2.05) is 0 Å². The van der Waals surface area contributed by atoms with E-state index in [1.54, 1.807) is 6.92 Å². The third kappa shape index (κ3) is 2.84. The number of esters is 1. The fourth-order valence-electron chi connectivity index (χ4n) is 2.70. The number of ether oxygens (including phenoxy) is 1. The molecular formula is C14H19NO5S. The summed E-state index contributed by atoms with van der Waals surface area (Å²) >= 11 is 0. The van der Waals surface area contributed by atoms with E-state index in [1.165, 1.54) is 0 Å². The molecule has 1 aromatic rings. The summed E-state index contributed by atoms with van der Waals surface area (Å²) in [6.45, 7) is 1.97. The summed E-state index contributed by atoms with van der Waals surface area (Å²) < 4.78 is 34.9. The maximum atomic E-state index is 12.2. The molecule has 1 aliphatic heterocycles. The van der Waals surface area contributed by atoms with E-state index in [2.05, 4.69) is 4.98 Å². The van der Waals surface area contributed by atoms with Crippen LogP contribution in [-0.2, 0) is 14.6 Å². The molecule has 0 spiro atoms. The first kappa shape index (κ1) is 14.6. The topological polar surface area (TPSA) is 86.5 Å². The van der Waals surface area contributed by atoms with Crippen LogP contribution in [0.4, 0.5) is 0 Å². The first-order chi connectivity index (χ1) is 10.0. The summed E-state index contributed by atoms with van der Waals surface area (Å²) in [7, 11) is -3.23. The van der Waals surface area contributed by atoms with Crippen molar-refractivity contribution >= 4 is 15.8 Å². The Morgan fingerprint density at radius 1 is 1.33 bits per heavy atom. The van der Waals surface area contributed by atoms with Crippen LogP contribution in [0.1, 0.15) is 72.3 Å². The van der Waals surface area contributed by atoms with Crippen LogP contribution in [0.2, 0.25) is 0 Å². The molecule has 7 heteroatoms. The Kier molecular flexibility index (Phi) is 3.77. The number of carbonyl (C=O) groups is 1. The molecule has 1 aliphatic carbocycles. The number of oxazole rings is 1. The molecule has 0 radical (unpaired) electrons. The Bertz CT molecular complexity index is 644. The van der Waals surface area contributed by atoms with Gasteiger partial charge < -0.3 is 9.15 Å². The molecule has 21 heavy (non-hydrogen) atoms.